The van der Waals surface area contributed by atoms with E-state index in [0.29, 0.717) is 49.9 Å². The van der Waals surface area contributed by atoms with E-state index in [1.54, 1.807) is 50.6 Å². The summed E-state index contributed by atoms with van der Waals surface area (Å²) in [5, 5.41) is 0. The van der Waals surface area contributed by atoms with Gasteiger partial charge in [0.2, 0.25) is 0 Å². The van der Waals surface area contributed by atoms with E-state index in [9.17, 15) is 14.4 Å². The van der Waals surface area contributed by atoms with Gasteiger partial charge in [-0.15, -0.1) is 0 Å². The molecule has 0 saturated heterocycles. The Morgan fingerprint density at radius 1 is 0.437 bits per heavy atom. The van der Waals surface area contributed by atoms with Gasteiger partial charge in [-0.1, -0.05) is 48.7 Å². The minimum absolute atomic E-state index is 0.305. The van der Waals surface area contributed by atoms with Gasteiger partial charge in [-0.2, -0.15) is 0 Å². The van der Waals surface area contributed by atoms with Crippen LogP contribution in [0.5, 0.6) is 28.7 Å². The van der Waals surface area contributed by atoms with Gasteiger partial charge in [0.1, 0.15) is 28.7 Å². The Labute approximate surface area is 417 Å². The first-order chi connectivity index (χ1) is 34.6. The maximum absolute atomic E-state index is 12.5. The van der Waals surface area contributed by atoms with Crippen LogP contribution in [0.2, 0.25) is 0 Å². The summed E-state index contributed by atoms with van der Waals surface area (Å²) in [6, 6.07) is 42.7. The maximum atomic E-state index is 12.5. The van der Waals surface area contributed by atoms with E-state index in [2.05, 4.69) is 48.7 Å². The molecule has 0 radical (unpaired) electrons. The van der Waals surface area contributed by atoms with Crippen LogP contribution in [0.3, 0.4) is 0 Å². The van der Waals surface area contributed by atoms with E-state index in [4.69, 9.17) is 33.2 Å². The van der Waals surface area contributed by atoms with Gasteiger partial charge in [0.05, 0.1) is 46.2 Å². The lowest BCUT2D eigenvalue weighted by Crippen LogP contribution is -2.08. The van der Waals surface area contributed by atoms with Gasteiger partial charge >= 0.3 is 17.9 Å². The summed E-state index contributed by atoms with van der Waals surface area (Å²) >= 11 is 0. The van der Waals surface area contributed by atoms with Crippen molar-refractivity contribution >= 4 is 17.9 Å². The van der Waals surface area contributed by atoms with E-state index in [-0.39, 0.29) is 5.97 Å². The molecule has 0 aromatic heterocycles. The molecule has 0 atom stereocenters. The first-order valence-corrected chi connectivity index (χ1v) is 23.0. The van der Waals surface area contributed by atoms with Crippen LogP contribution >= 0.6 is 0 Å². The molecule has 10 nitrogen and oxygen atoms in total. The minimum atomic E-state index is -0.444. The Bertz CT molecular complexity index is 2860. The molecule has 71 heavy (non-hydrogen) atoms. The van der Waals surface area contributed by atoms with Crippen LogP contribution in [0, 0.1) is 42.4 Å². The molecule has 0 aliphatic carbocycles. The second-order valence-corrected chi connectivity index (χ2v) is 15.4. The summed E-state index contributed by atoms with van der Waals surface area (Å²) in [4.78, 5) is 34.4. The number of ether oxygens (including phenoxy) is 7. The zero-order valence-corrected chi connectivity index (χ0v) is 40.3. The van der Waals surface area contributed by atoms with Gasteiger partial charge in [-0.3, -0.25) is 0 Å². The number of rotatable bonds is 19. The molecule has 0 saturated carbocycles. The smallest absolute Gasteiger partial charge is 0.343 e. The van der Waals surface area contributed by atoms with Crippen LogP contribution in [-0.2, 0) is 19.1 Å². The Hall–Kier alpha value is -8.91. The summed E-state index contributed by atoms with van der Waals surface area (Å²) in [5.41, 5.74) is 6.95. The van der Waals surface area contributed by atoms with Crippen LogP contribution in [0.25, 0.3) is 0 Å². The highest BCUT2D eigenvalue weighted by molar-refractivity contribution is 5.91. The van der Waals surface area contributed by atoms with Crippen molar-refractivity contribution in [2.45, 2.75) is 39.0 Å². The summed E-state index contributed by atoms with van der Waals surface area (Å²) < 4.78 is 37.0. The number of hydrogen-bond acceptors (Lipinski definition) is 10. The molecule has 6 rings (SSSR count). The van der Waals surface area contributed by atoms with Crippen LogP contribution < -0.4 is 23.7 Å². The predicted octanol–water partition coefficient (Wildman–Crippen LogP) is 11.3. The number of unbranched alkanes of at least 4 members (excludes halogenated alkanes) is 3. The van der Waals surface area contributed by atoms with E-state index in [1.165, 1.54) is 0 Å². The number of carbonyl (C=O) groups excluding carboxylic acids is 3. The van der Waals surface area contributed by atoms with Crippen molar-refractivity contribution in [2.75, 3.05) is 40.6 Å². The van der Waals surface area contributed by atoms with Crippen LogP contribution in [0.4, 0.5) is 0 Å². The van der Waals surface area contributed by atoms with Crippen molar-refractivity contribution in [1.29, 1.82) is 0 Å². The van der Waals surface area contributed by atoms with Gasteiger partial charge in [-0.25, -0.2) is 14.4 Å². The van der Waals surface area contributed by atoms with E-state index < -0.39 is 11.9 Å². The number of esters is 3. The highest BCUT2D eigenvalue weighted by atomic mass is 16.5. The van der Waals surface area contributed by atoms with Crippen LogP contribution in [0.1, 0.15) is 81.4 Å². The number of carbonyl (C=O) groups is 3. The Morgan fingerprint density at radius 3 is 1.28 bits per heavy atom. The number of methoxy groups -OCH3 is 2. The molecule has 0 fully saturated rings. The molecule has 0 spiro atoms. The standard InChI is InChI=1S/C31H30O6.C30H26O4/c1-3-30(32)36-23-7-5-4-6-22-35-28-20-14-26(15-21-28)31(33)37-29-18-12-25(13-19-29)9-8-24-10-16-27(34-2)17-11-24;1-4-30(31)34-21-5-20-33-29-18-12-25(13-19-29)8-14-27-15-9-26(22-23(27)2)7-6-24-10-16-28(32-3)17-11-24/h3,10-21H,1,4-7,22-23H2,2H3;4,9-13,15-19,22H,1,5,20-21H2,2-3H3. The monoisotopic (exact) mass is 948 g/mol. The van der Waals surface area contributed by atoms with Crippen molar-refractivity contribution in [2.24, 2.45) is 0 Å². The highest BCUT2D eigenvalue weighted by Crippen LogP contribution is 2.19. The lowest BCUT2D eigenvalue weighted by Gasteiger charge is -2.08. The molecular weight excluding hydrogens is 893 g/mol. The third-order valence-electron chi connectivity index (χ3n) is 10.1. The molecule has 0 bridgehead atoms. The Kier molecular flexibility index (Phi) is 22.2. The quantitative estimate of drug-likeness (QED) is 0.0255. The zero-order valence-electron chi connectivity index (χ0n) is 40.3. The molecule has 0 N–H and O–H groups in total. The molecule has 6 aromatic carbocycles. The molecule has 6 aromatic rings. The normalized spacial score (nSPS) is 9.79. The fourth-order valence-electron chi connectivity index (χ4n) is 6.21. The van der Waals surface area contributed by atoms with E-state index in [1.807, 2.05) is 110 Å². The summed E-state index contributed by atoms with van der Waals surface area (Å²) in [6.45, 7) is 10.5. The SMILES string of the molecule is C=CC(=O)OCCCCCCOc1ccc(C(=O)Oc2ccc(C#Cc3ccc(OC)cc3)cc2)cc1.C=CC(=O)OCCCOc1ccc(C#Cc2ccc(C#Cc3ccc(OC)cc3)cc2C)cc1. The summed E-state index contributed by atoms with van der Waals surface area (Å²) in [6.07, 6.45) is 6.56. The van der Waals surface area contributed by atoms with Crippen LogP contribution in [0.15, 0.2) is 165 Å². The van der Waals surface area contributed by atoms with Crippen molar-refractivity contribution in [3.8, 4) is 64.3 Å². The lowest BCUT2D eigenvalue weighted by atomic mass is 10.0. The number of aryl methyl sites for hydroxylation is 1. The maximum Gasteiger partial charge on any atom is 0.343 e. The summed E-state index contributed by atoms with van der Waals surface area (Å²) in [5.74, 6) is 21.2. The van der Waals surface area contributed by atoms with Gasteiger partial charge in [0, 0.05) is 52.0 Å². The first-order valence-electron chi connectivity index (χ1n) is 23.0. The topological polar surface area (TPSA) is 116 Å². The number of hydrogen-bond donors (Lipinski definition) is 0. The van der Waals surface area contributed by atoms with Crippen molar-refractivity contribution in [1.82, 2.24) is 0 Å². The average Bonchev–Trinajstić information content (AvgIpc) is 3.41. The van der Waals surface area contributed by atoms with E-state index in [0.717, 1.165) is 94.0 Å². The molecular formula is C61H56O10. The second kappa shape index (κ2) is 29.8. The highest BCUT2D eigenvalue weighted by Gasteiger charge is 2.09. The van der Waals surface area contributed by atoms with Crippen LogP contribution in [-0.4, -0.2) is 58.6 Å². The fraction of sp³-hybridized carbons (Fsp3) is 0.197. The van der Waals surface area contributed by atoms with Gasteiger partial charge in [0.25, 0.3) is 0 Å². The molecule has 0 unspecified atom stereocenters. The zero-order chi connectivity index (χ0) is 50.5. The molecule has 360 valence electrons. The largest absolute Gasteiger partial charge is 0.497 e. The van der Waals surface area contributed by atoms with Gasteiger partial charge in [-0.05, 0) is 178 Å². The molecule has 10 heteroatoms. The molecule has 0 heterocycles. The first kappa shape index (κ1) is 53.1. The van der Waals surface area contributed by atoms with Gasteiger partial charge in [0.15, 0.2) is 0 Å². The van der Waals surface area contributed by atoms with Crippen molar-refractivity contribution < 1.29 is 47.5 Å². The Morgan fingerprint density at radius 2 is 0.817 bits per heavy atom. The predicted molar refractivity (Wildman–Crippen MR) is 276 cm³/mol. The van der Waals surface area contributed by atoms with E-state index >= 15 is 0 Å². The fourth-order valence-corrected chi connectivity index (χ4v) is 6.21. The van der Waals surface area contributed by atoms with Crippen molar-refractivity contribution in [3.63, 3.8) is 0 Å². The minimum Gasteiger partial charge on any atom is -0.497 e. The second-order valence-electron chi connectivity index (χ2n) is 15.4. The average molecular weight is 949 g/mol. The lowest BCUT2D eigenvalue weighted by molar-refractivity contribution is -0.138. The third-order valence-corrected chi connectivity index (χ3v) is 10.1. The van der Waals surface area contributed by atoms with Crippen molar-refractivity contribution in [3.05, 3.63) is 209 Å². The Balaban J connectivity index is 0.000000265. The molecule has 0 amide bonds. The van der Waals surface area contributed by atoms with Gasteiger partial charge < -0.3 is 33.2 Å². The summed E-state index contributed by atoms with van der Waals surface area (Å²) in [7, 11) is 3.27. The molecule has 0 aliphatic rings. The number of benzene rings is 6. The molecule has 0 aliphatic heterocycles. The third kappa shape index (κ3) is 19.7.